The fourth-order valence-electron chi connectivity index (χ4n) is 2.97. The van der Waals surface area contributed by atoms with Crippen molar-refractivity contribution in [2.45, 2.75) is 37.8 Å². The van der Waals surface area contributed by atoms with Crippen molar-refractivity contribution >= 4 is 0 Å². The van der Waals surface area contributed by atoms with E-state index in [0.29, 0.717) is 12.3 Å². The number of nitrogens with one attached hydrogen (secondary N) is 1. The molecule has 0 aliphatic heterocycles. The number of methoxy groups -OCH3 is 3. The standard InChI is InChI=1S/C16H25NO4/c1-19-12-8-14(20-2)13(15(9-12)21-3)10-17-16(11-18)6-4-5-7-16/h8-9,17-18H,4-7,10-11H2,1-3H3. The Morgan fingerprint density at radius 2 is 1.62 bits per heavy atom. The van der Waals surface area contributed by atoms with E-state index in [2.05, 4.69) is 5.32 Å². The first kappa shape index (κ1) is 15.9. The van der Waals surface area contributed by atoms with Crippen LogP contribution in [-0.4, -0.2) is 38.6 Å². The molecule has 1 aromatic rings. The maximum absolute atomic E-state index is 9.68. The maximum Gasteiger partial charge on any atom is 0.130 e. The second-order valence-electron chi connectivity index (χ2n) is 5.51. The van der Waals surface area contributed by atoms with E-state index in [0.717, 1.165) is 42.7 Å². The Morgan fingerprint density at radius 1 is 1.05 bits per heavy atom. The Bertz CT molecular complexity index is 444. The Hall–Kier alpha value is -1.46. The Kier molecular flexibility index (Phi) is 5.31. The van der Waals surface area contributed by atoms with Crippen LogP contribution in [0, 0.1) is 0 Å². The van der Waals surface area contributed by atoms with Crippen molar-refractivity contribution in [3.63, 3.8) is 0 Å². The molecule has 118 valence electrons. The third-order valence-corrected chi connectivity index (χ3v) is 4.32. The van der Waals surface area contributed by atoms with Gasteiger partial charge in [-0.3, -0.25) is 0 Å². The van der Waals surface area contributed by atoms with Crippen LogP contribution in [0.1, 0.15) is 31.2 Å². The zero-order valence-electron chi connectivity index (χ0n) is 13.1. The first-order valence-corrected chi connectivity index (χ1v) is 7.33. The Morgan fingerprint density at radius 3 is 2.05 bits per heavy atom. The number of aliphatic hydroxyl groups excluding tert-OH is 1. The fourth-order valence-corrected chi connectivity index (χ4v) is 2.97. The molecule has 0 spiro atoms. The molecule has 1 aromatic carbocycles. The first-order valence-electron chi connectivity index (χ1n) is 7.33. The number of hydrogen-bond donors (Lipinski definition) is 2. The van der Waals surface area contributed by atoms with Crippen LogP contribution in [0.2, 0.25) is 0 Å². The number of hydrogen-bond acceptors (Lipinski definition) is 5. The van der Waals surface area contributed by atoms with Crippen molar-refractivity contribution in [1.82, 2.24) is 5.32 Å². The number of aliphatic hydroxyl groups is 1. The third kappa shape index (κ3) is 3.41. The second-order valence-corrected chi connectivity index (χ2v) is 5.51. The van der Waals surface area contributed by atoms with E-state index < -0.39 is 0 Å². The molecule has 0 atom stereocenters. The van der Waals surface area contributed by atoms with Crippen molar-refractivity contribution in [2.75, 3.05) is 27.9 Å². The summed E-state index contributed by atoms with van der Waals surface area (Å²) >= 11 is 0. The van der Waals surface area contributed by atoms with E-state index in [1.807, 2.05) is 12.1 Å². The van der Waals surface area contributed by atoms with Crippen LogP contribution in [0.4, 0.5) is 0 Å². The summed E-state index contributed by atoms with van der Waals surface area (Å²) in [4.78, 5) is 0. The maximum atomic E-state index is 9.68. The van der Waals surface area contributed by atoms with Crippen LogP contribution >= 0.6 is 0 Å². The quantitative estimate of drug-likeness (QED) is 0.807. The minimum atomic E-state index is -0.171. The van der Waals surface area contributed by atoms with E-state index in [-0.39, 0.29) is 12.1 Å². The molecule has 1 aliphatic rings. The van der Waals surface area contributed by atoms with E-state index >= 15 is 0 Å². The largest absolute Gasteiger partial charge is 0.496 e. The van der Waals surface area contributed by atoms with Gasteiger partial charge in [-0.15, -0.1) is 0 Å². The van der Waals surface area contributed by atoms with Crippen molar-refractivity contribution in [1.29, 1.82) is 0 Å². The summed E-state index contributed by atoms with van der Waals surface area (Å²) in [6.07, 6.45) is 4.32. The highest BCUT2D eigenvalue weighted by molar-refractivity contribution is 5.50. The van der Waals surface area contributed by atoms with Gasteiger partial charge in [0.2, 0.25) is 0 Å². The predicted molar refractivity (Wildman–Crippen MR) is 81.2 cm³/mol. The monoisotopic (exact) mass is 295 g/mol. The van der Waals surface area contributed by atoms with E-state index in [1.165, 1.54) is 0 Å². The van der Waals surface area contributed by atoms with Gasteiger partial charge < -0.3 is 24.6 Å². The summed E-state index contributed by atoms with van der Waals surface area (Å²) in [5.41, 5.74) is 0.774. The summed E-state index contributed by atoms with van der Waals surface area (Å²) in [6, 6.07) is 3.69. The summed E-state index contributed by atoms with van der Waals surface area (Å²) in [7, 11) is 4.88. The highest BCUT2D eigenvalue weighted by Crippen LogP contribution is 2.35. The Labute approximate surface area is 126 Å². The van der Waals surface area contributed by atoms with Crippen molar-refractivity contribution in [3.05, 3.63) is 17.7 Å². The lowest BCUT2D eigenvalue weighted by molar-refractivity contribution is 0.162. The van der Waals surface area contributed by atoms with Crippen LogP contribution in [0.25, 0.3) is 0 Å². The molecule has 5 nitrogen and oxygen atoms in total. The zero-order chi connectivity index (χ0) is 15.3. The molecule has 1 fully saturated rings. The van der Waals surface area contributed by atoms with Gasteiger partial charge in [0, 0.05) is 24.2 Å². The lowest BCUT2D eigenvalue weighted by Crippen LogP contribution is -2.45. The zero-order valence-corrected chi connectivity index (χ0v) is 13.1. The van der Waals surface area contributed by atoms with E-state index in [4.69, 9.17) is 14.2 Å². The Balaban J connectivity index is 2.21. The first-order chi connectivity index (χ1) is 10.2. The number of ether oxygens (including phenoxy) is 3. The van der Waals surface area contributed by atoms with Gasteiger partial charge in [0.15, 0.2) is 0 Å². The molecule has 2 N–H and O–H groups in total. The summed E-state index contributed by atoms with van der Waals surface area (Å²) < 4.78 is 16.2. The van der Waals surface area contributed by atoms with Crippen molar-refractivity contribution in [3.8, 4) is 17.2 Å². The molecule has 0 radical (unpaired) electrons. The minimum absolute atomic E-state index is 0.161. The van der Waals surface area contributed by atoms with Crippen LogP contribution in [0.15, 0.2) is 12.1 Å². The molecule has 1 saturated carbocycles. The van der Waals surface area contributed by atoms with Crippen molar-refractivity contribution < 1.29 is 19.3 Å². The van der Waals surface area contributed by atoms with Gasteiger partial charge >= 0.3 is 0 Å². The molecule has 21 heavy (non-hydrogen) atoms. The SMILES string of the molecule is COc1cc(OC)c(CNC2(CO)CCCC2)c(OC)c1. The average Bonchev–Trinajstić information content (AvgIpc) is 3.01. The van der Waals surface area contributed by atoms with Gasteiger partial charge in [-0.2, -0.15) is 0 Å². The minimum Gasteiger partial charge on any atom is -0.496 e. The molecule has 0 saturated heterocycles. The molecule has 2 rings (SSSR count). The van der Waals surface area contributed by atoms with Gasteiger partial charge in [-0.1, -0.05) is 12.8 Å². The smallest absolute Gasteiger partial charge is 0.130 e. The lowest BCUT2D eigenvalue weighted by Gasteiger charge is -2.29. The van der Waals surface area contributed by atoms with Crippen LogP contribution in [0.5, 0.6) is 17.2 Å². The number of rotatable bonds is 7. The average molecular weight is 295 g/mol. The summed E-state index contributed by atoms with van der Waals surface area (Å²) in [5.74, 6) is 2.15. The van der Waals surface area contributed by atoms with Crippen molar-refractivity contribution in [2.24, 2.45) is 0 Å². The van der Waals surface area contributed by atoms with Crippen LogP contribution < -0.4 is 19.5 Å². The molecular formula is C16H25NO4. The molecular weight excluding hydrogens is 270 g/mol. The lowest BCUT2D eigenvalue weighted by atomic mass is 9.98. The number of benzene rings is 1. The highest BCUT2D eigenvalue weighted by Gasteiger charge is 2.33. The molecule has 0 aromatic heterocycles. The molecule has 1 aliphatic carbocycles. The fraction of sp³-hybridized carbons (Fsp3) is 0.625. The topological polar surface area (TPSA) is 60.0 Å². The second kappa shape index (κ2) is 7.00. The van der Waals surface area contributed by atoms with Gasteiger partial charge in [0.05, 0.1) is 33.5 Å². The summed E-state index contributed by atoms with van der Waals surface area (Å²) in [6.45, 7) is 0.755. The molecule has 0 heterocycles. The van der Waals surface area contributed by atoms with Gasteiger partial charge in [-0.25, -0.2) is 0 Å². The van der Waals surface area contributed by atoms with E-state index in [9.17, 15) is 5.11 Å². The normalized spacial score (nSPS) is 16.8. The molecule has 0 unspecified atom stereocenters. The van der Waals surface area contributed by atoms with Crippen LogP contribution in [0.3, 0.4) is 0 Å². The molecule has 0 amide bonds. The van der Waals surface area contributed by atoms with Gasteiger partial charge in [0.25, 0.3) is 0 Å². The predicted octanol–water partition coefficient (Wildman–Crippen LogP) is 2.11. The van der Waals surface area contributed by atoms with Gasteiger partial charge in [0.1, 0.15) is 17.2 Å². The van der Waals surface area contributed by atoms with E-state index in [1.54, 1.807) is 21.3 Å². The highest BCUT2D eigenvalue weighted by atomic mass is 16.5. The summed E-state index contributed by atoms with van der Waals surface area (Å²) in [5, 5.41) is 13.2. The van der Waals surface area contributed by atoms with Crippen LogP contribution in [-0.2, 0) is 6.54 Å². The molecule has 0 bridgehead atoms. The third-order valence-electron chi connectivity index (χ3n) is 4.32. The molecule has 5 heteroatoms. The van der Waals surface area contributed by atoms with Gasteiger partial charge in [-0.05, 0) is 12.8 Å².